The Bertz CT molecular complexity index is 660. The van der Waals surface area contributed by atoms with Crippen molar-refractivity contribution in [2.45, 2.75) is 13.1 Å². The topological polar surface area (TPSA) is 29.3 Å². The van der Waals surface area contributed by atoms with E-state index in [1.165, 1.54) is 6.07 Å². The minimum Gasteiger partial charge on any atom is -0.389 e. The molecule has 0 amide bonds. The fourth-order valence-electron chi connectivity index (χ4n) is 2.14. The number of hydrogen-bond donors (Lipinski definition) is 1. The van der Waals surface area contributed by atoms with Crippen LogP contribution in [0.1, 0.15) is 16.7 Å². The first-order valence-corrected chi connectivity index (χ1v) is 7.25. The Morgan fingerprint density at radius 3 is 2.67 bits per heavy atom. The first-order chi connectivity index (χ1) is 9.95. The molecule has 2 N–H and O–H groups in total. The molecule has 2 aromatic rings. The van der Waals surface area contributed by atoms with Crippen LogP contribution in [0.2, 0.25) is 5.02 Å². The van der Waals surface area contributed by atoms with E-state index in [1.807, 2.05) is 36.2 Å². The Morgan fingerprint density at radius 2 is 2.00 bits per heavy atom. The van der Waals surface area contributed by atoms with Crippen LogP contribution in [0.15, 0.2) is 42.5 Å². The smallest absolute Gasteiger partial charge is 0.127 e. The van der Waals surface area contributed by atoms with Crippen molar-refractivity contribution in [3.05, 3.63) is 70.0 Å². The predicted molar refractivity (Wildman–Crippen MR) is 88.9 cm³/mol. The van der Waals surface area contributed by atoms with Crippen LogP contribution in [-0.4, -0.2) is 16.9 Å². The average molecular weight is 323 g/mol. The van der Waals surface area contributed by atoms with Crippen LogP contribution >= 0.6 is 23.8 Å². The highest BCUT2D eigenvalue weighted by Crippen LogP contribution is 2.16. The molecule has 5 heteroatoms. The van der Waals surface area contributed by atoms with E-state index in [9.17, 15) is 4.39 Å². The van der Waals surface area contributed by atoms with E-state index in [1.54, 1.807) is 12.1 Å². The molecule has 0 saturated heterocycles. The Morgan fingerprint density at radius 1 is 1.24 bits per heavy atom. The van der Waals surface area contributed by atoms with Crippen molar-refractivity contribution in [3.8, 4) is 0 Å². The zero-order valence-electron chi connectivity index (χ0n) is 11.6. The Kier molecular flexibility index (Phi) is 5.28. The third kappa shape index (κ3) is 4.49. The SMILES string of the molecule is CN(Cc1cccc(Cl)c1)Cc1cc(C(N)=S)ccc1F. The zero-order chi connectivity index (χ0) is 15.4. The lowest BCUT2D eigenvalue weighted by molar-refractivity contribution is 0.313. The van der Waals surface area contributed by atoms with Crippen molar-refractivity contribution in [1.29, 1.82) is 0 Å². The molecule has 0 radical (unpaired) electrons. The van der Waals surface area contributed by atoms with E-state index < -0.39 is 0 Å². The van der Waals surface area contributed by atoms with Gasteiger partial charge in [-0.1, -0.05) is 36.0 Å². The summed E-state index contributed by atoms with van der Waals surface area (Å²) in [4.78, 5) is 2.28. The predicted octanol–water partition coefficient (Wildman–Crippen LogP) is 3.75. The highest BCUT2D eigenvalue weighted by atomic mass is 35.5. The first kappa shape index (κ1) is 15.9. The third-order valence-corrected chi connectivity index (χ3v) is 3.58. The van der Waals surface area contributed by atoms with Gasteiger partial charge in [0.05, 0.1) is 0 Å². The van der Waals surface area contributed by atoms with Gasteiger partial charge in [-0.25, -0.2) is 4.39 Å². The Hall–Kier alpha value is -1.49. The minimum atomic E-state index is -0.257. The second-order valence-electron chi connectivity index (χ2n) is 4.97. The normalized spacial score (nSPS) is 10.9. The van der Waals surface area contributed by atoms with Crippen molar-refractivity contribution < 1.29 is 4.39 Å². The van der Waals surface area contributed by atoms with Crippen LogP contribution in [0.3, 0.4) is 0 Å². The summed E-state index contributed by atoms with van der Waals surface area (Å²) >= 11 is 10.9. The molecule has 0 spiro atoms. The lowest BCUT2D eigenvalue weighted by Crippen LogP contribution is -2.19. The van der Waals surface area contributed by atoms with Crippen molar-refractivity contribution in [3.63, 3.8) is 0 Å². The van der Waals surface area contributed by atoms with Crippen LogP contribution in [0, 0.1) is 5.82 Å². The molecule has 0 fully saturated rings. The molecular weight excluding hydrogens is 307 g/mol. The summed E-state index contributed by atoms with van der Waals surface area (Å²) in [6.07, 6.45) is 0. The molecule has 21 heavy (non-hydrogen) atoms. The van der Waals surface area contributed by atoms with Crippen LogP contribution in [-0.2, 0) is 13.1 Å². The minimum absolute atomic E-state index is 0.257. The quantitative estimate of drug-likeness (QED) is 0.850. The summed E-state index contributed by atoms with van der Waals surface area (Å²) < 4.78 is 13.9. The van der Waals surface area contributed by atoms with Gasteiger partial charge in [0.25, 0.3) is 0 Å². The zero-order valence-corrected chi connectivity index (χ0v) is 13.2. The second kappa shape index (κ2) is 6.98. The molecule has 0 aliphatic heterocycles. The van der Waals surface area contributed by atoms with Crippen molar-refractivity contribution in [1.82, 2.24) is 4.90 Å². The largest absolute Gasteiger partial charge is 0.389 e. The maximum Gasteiger partial charge on any atom is 0.127 e. The molecule has 0 bridgehead atoms. The van der Waals surface area contributed by atoms with Gasteiger partial charge in [0.15, 0.2) is 0 Å². The van der Waals surface area contributed by atoms with Gasteiger partial charge in [0, 0.05) is 29.2 Å². The van der Waals surface area contributed by atoms with Crippen molar-refractivity contribution in [2.75, 3.05) is 7.05 Å². The van der Waals surface area contributed by atoms with Gasteiger partial charge >= 0.3 is 0 Å². The molecule has 0 atom stereocenters. The highest BCUT2D eigenvalue weighted by Gasteiger charge is 2.09. The molecular formula is C16H16ClFN2S. The van der Waals surface area contributed by atoms with E-state index in [4.69, 9.17) is 29.6 Å². The average Bonchev–Trinajstić information content (AvgIpc) is 2.41. The third-order valence-electron chi connectivity index (χ3n) is 3.11. The van der Waals surface area contributed by atoms with Crippen LogP contribution in [0.5, 0.6) is 0 Å². The van der Waals surface area contributed by atoms with E-state index >= 15 is 0 Å². The first-order valence-electron chi connectivity index (χ1n) is 6.47. The summed E-state index contributed by atoms with van der Waals surface area (Å²) in [5, 5.41) is 0.697. The summed E-state index contributed by atoms with van der Waals surface area (Å²) in [7, 11) is 1.92. The second-order valence-corrected chi connectivity index (χ2v) is 5.85. The van der Waals surface area contributed by atoms with E-state index in [0.29, 0.717) is 29.2 Å². The van der Waals surface area contributed by atoms with Crippen LogP contribution in [0.25, 0.3) is 0 Å². The van der Waals surface area contributed by atoms with Gasteiger partial charge in [-0.2, -0.15) is 0 Å². The van der Waals surface area contributed by atoms with E-state index in [0.717, 1.165) is 5.56 Å². The van der Waals surface area contributed by atoms with Crippen molar-refractivity contribution in [2.24, 2.45) is 5.73 Å². The van der Waals surface area contributed by atoms with Crippen LogP contribution in [0.4, 0.5) is 4.39 Å². The fraction of sp³-hybridized carbons (Fsp3) is 0.188. The lowest BCUT2D eigenvalue weighted by Gasteiger charge is -2.18. The number of halogens is 2. The molecule has 2 aromatic carbocycles. The standard InChI is InChI=1S/C16H16ClFN2S/c1-20(9-11-3-2-4-14(17)7-11)10-13-8-12(16(19)21)5-6-15(13)18/h2-8H,9-10H2,1H3,(H2,19,21). The van der Waals surface area contributed by atoms with Gasteiger partial charge < -0.3 is 5.73 Å². The number of benzene rings is 2. The molecule has 2 rings (SSSR count). The summed E-state index contributed by atoms with van der Waals surface area (Å²) in [5.74, 6) is -0.257. The number of nitrogens with zero attached hydrogens (tertiary/aromatic N) is 1. The number of rotatable bonds is 5. The number of nitrogens with two attached hydrogens (primary N) is 1. The van der Waals surface area contributed by atoms with Gasteiger partial charge in [-0.3, -0.25) is 4.90 Å². The molecule has 110 valence electrons. The fourth-order valence-corrected chi connectivity index (χ4v) is 2.48. The van der Waals surface area contributed by atoms with Gasteiger partial charge in [-0.15, -0.1) is 0 Å². The Labute approximate surface area is 134 Å². The molecule has 0 aromatic heterocycles. The van der Waals surface area contributed by atoms with Crippen LogP contribution < -0.4 is 5.73 Å². The maximum atomic E-state index is 13.9. The van der Waals surface area contributed by atoms with Crippen molar-refractivity contribution >= 4 is 28.8 Å². The molecule has 0 unspecified atom stereocenters. The number of thiocarbonyl (C=S) groups is 1. The van der Waals surface area contributed by atoms with Gasteiger partial charge in [0.1, 0.15) is 10.8 Å². The summed E-state index contributed by atoms with van der Waals surface area (Å²) in [6.45, 7) is 1.14. The molecule has 2 nitrogen and oxygen atoms in total. The molecule has 0 aliphatic rings. The molecule has 0 saturated carbocycles. The highest BCUT2D eigenvalue weighted by molar-refractivity contribution is 7.80. The molecule has 0 heterocycles. The summed E-state index contributed by atoms with van der Waals surface area (Å²) in [5.41, 5.74) is 7.92. The molecule has 0 aliphatic carbocycles. The van der Waals surface area contributed by atoms with Gasteiger partial charge in [-0.05, 0) is 42.9 Å². The maximum absolute atomic E-state index is 13.9. The van der Waals surface area contributed by atoms with E-state index in [-0.39, 0.29) is 10.8 Å². The van der Waals surface area contributed by atoms with E-state index in [2.05, 4.69) is 0 Å². The lowest BCUT2D eigenvalue weighted by atomic mass is 10.1. The summed E-state index contributed by atoms with van der Waals surface area (Å²) in [6, 6.07) is 12.3. The van der Waals surface area contributed by atoms with Gasteiger partial charge in [0.2, 0.25) is 0 Å². The monoisotopic (exact) mass is 322 g/mol. The number of hydrogen-bond acceptors (Lipinski definition) is 2. The Balaban J connectivity index is 2.10.